The van der Waals surface area contributed by atoms with Crippen LogP contribution < -0.4 is 15.8 Å². The first-order valence-electron chi connectivity index (χ1n) is 9.59. The van der Waals surface area contributed by atoms with E-state index in [0.717, 1.165) is 25.1 Å². The summed E-state index contributed by atoms with van der Waals surface area (Å²) in [6.45, 7) is 3.29. The quantitative estimate of drug-likeness (QED) is 0.215. The number of nitrogens with one attached hydrogen (secondary N) is 1. The van der Waals surface area contributed by atoms with Gasteiger partial charge < -0.3 is 5.48 Å². The summed E-state index contributed by atoms with van der Waals surface area (Å²) in [7, 11) is 0. The van der Waals surface area contributed by atoms with Crippen molar-refractivity contribution in [1.29, 1.82) is 0 Å². The average Bonchev–Trinajstić information content (AvgIpc) is 3.02. The van der Waals surface area contributed by atoms with Gasteiger partial charge in [0.05, 0.1) is 0 Å². The summed E-state index contributed by atoms with van der Waals surface area (Å²) in [6, 6.07) is 1.21. The van der Waals surface area contributed by atoms with Gasteiger partial charge in [0, 0.05) is 0 Å². The molecule has 1 aliphatic heterocycles. The van der Waals surface area contributed by atoms with Crippen LogP contribution in [0.25, 0.3) is 0 Å². The van der Waals surface area contributed by atoms with E-state index in [2.05, 4.69) is 25.1 Å². The topological polar surface area (TPSA) is 122 Å². The predicted molar refractivity (Wildman–Crippen MR) is 107 cm³/mol. The summed E-state index contributed by atoms with van der Waals surface area (Å²) in [5.74, 6) is -10.7. The molecular formula is C21H20F7N2NiO5-. The molecule has 2 rings (SSSR count). The van der Waals surface area contributed by atoms with Crippen LogP contribution in [-0.4, -0.2) is 46.3 Å². The number of carbonyl (C=O) groups excluding carboxylic acids is 2. The molecule has 4 atom stereocenters. The van der Waals surface area contributed by atoms with Crippen LogP contribution in [0.15, 0.2) is 30.0 Å². The van der Waals surface area contributed by atoms with Crippen LogP contribution in [0.1, 0.15) is 25.3 Å². The number of ether oxygens (including phenoxy) is 2. The van der Waals surface area contributed by atoms with Gasteiger partial charge in [0.15, 0.2) is 0 Å². The van der Waals surface area contributed by atoms with E-state index in [1.54, 1.807) is 0 Å². The van der Waals surface area contributed by atoms with Crippen molar-refractivity contribution in [3.63, 3.8) is 0 Å². The molecule has 1 saturated heterocycles. The molecule has 0 saturated carbocycles. The van der Waals surface area contributed by atoms with Crippen LogP contribution in [0, 0.1) is 24.1 Å². The molecule has 0 aliphatic carbocycles. The number of nitrogens with two attached hydrogens (primary N) is 1. The zero-order valence-electron chi connectivity index (χ0n) is 18.4. The Morgan fingerprint density at radius 1 is 1.31 bits per heavy atom. The van der Waals surface area contributed by atoms with Gasteiger partial charge in [0.25, 0.3) is 0 Å². The molecular weight excluding hydrogens is 552 g/mol. The van der Waals surface area contributed by atoms with Crippen LogP contribution in [0.2, 0.25) is 0 Å². The van der Waals surface area contributed by atoms with E-state index in [1.165, 1.54) is 0 Å². The molecule has 5 N–H and O–H groups in total. The van der Waals surface area contributed by atoms with Gasteiger partial charge in [0.2, 0.25) is 0 Å². The number of carbonyl (C=O) groups is 2. The molecule has 0 spiro atoms. The van der Waals surface area contributed by atoms with E-state index in [-0.39, 0.29) is 11.2 Å². The van der Waals surface area contributed by atoms with E-state index < -0.39 is 75.6 Å². The number of primary amides is 1. The second-order valence-electron chi connectivity index (χ2n) is 7.55. The molecule has 7 nitrogen and oxygen atoms in total. The number of rotatable bonds is 8. The number of hydrogen-bond acceptors (Lipinski definition) is 4. The van der Waals surface area contributed by atoms with Crippen molar-refractivity contribution < 1.29 is 70.3 Å². The van der Waals surface area contributed by atoms with Gasteiger partial charge in [0.1, 0.15) is 0 Å². The maximum absolute atomic E-state index is 14.4. The second-order valence-corrected chi connectivity index (χ2v) is 8.08. The van der Waals surface area contributed by atoms with Crippen LogP contribution in [0.5, 0.6) is 5.75 Å². The monoisotopic (exact) mass is 571 g/mol. The first-order chi connectivity index (χ1) is 16.0. The fraction of sp³-hybridized carbons (Fsp3) is 0.381. The van der Waals surface area contributed by atoms with Gasteiger partial charge in [-0.3, -0.25) is 0 Å². The molecule has 0 aromatic heterocycles. The second kappa shape index (κ2) is 11.5. The Morgan fingerprint density at radius 2 is 1.89 bits per heavy atom. The van der Waals surface area contributed by atoms with E-state index in [4.69, 9.17) is 17.0 Å². The SMILES string of the molecule is O.[CH-]=C/C(=C\[C](=[Ni])C(N)=O)NC(=O)[C@H]1O[C@@](C)(C(F)(F)F)[C@H](C)[C@@H]1c1ccc(F)c(F)c1OC(F)F. The fourth-order valence-corrected chi connectivity index (χ4v) is 3.73. The summed E-state index contributed by atoms with van der Waals surface area (Å²) < 4.78 is 104. The summed E-state index contributed by atoms with van der Waals surface area (Å²) >= 11 is 4.33. The minimum atomic E-state index is -5.07. The first-order valence-corrected chi connectivity index (χ1v) is 10.1. The zero-order chi connectivity index (χ0) is 26.9. The van der Waals surface area contributed by atoms with Gasteiger partial charge in [-0.2, -0.15) is 0 Å². The Hall–Kier alpha value is -2.77. The Balaban J connectivity index is 0.00000648. The Morgan fingerprint density at radius 3 is 2.36 bits per heavy atom. The number of amides is 2. The molecule has 36 heavy (non-hydrogen) atoms. The molecule has 1 aliphatic rings. The van der Waals surface area contributed by atoms with Crippen LogP contribution in [-0.2, 0) is 29.4 Å². The number of allylic oxidation sites excluding steroid dienone is 1. The van der Waals surface area contributed by atoms with Crippen molar-refractivity contribution in [3.8, 4) is 5.75 Å². The van der Waals surface area contributed by atoms with Crippen molar-refractivity contribution in [2.45, 2.75) is 44.3 Å². The summed E-state index contributed by atoms with van der Waals surface area (Å²) in [4.78, 5) is 24.1. The first kappa shape index (κ1) is 31.3. The third-order valence-electron chi connectivity index (χ3n) is 5.51. The molecule has 0 unspecified atom stereocenters. The number of hydrogen-bond donors (Lipinski definition) is 2. The molecule has 15 heteroatoms. The molecule has 1 heterocycles. The predicted octanol–water partition coefficient (Wildman–Crippen LogP) is 2.37. The van der Waals surface area contributed by atoms with Crippen molar-refractivity contribution in [1.82, 2.24) is 5.32 Å². The van der Waals surface area contributed by atoms with Gasteiger partial charge in [-0.05, 0) is 0 Å². The van der Waals surface area contributed by atoms with Crippen molar-refractivity contribution in [3.05, 3.63) is 53.8 Å². The van der Waals surface area contributed by atoms with Gasteiger partial charge >= 0.3 is 202 Å². The summed E-state index contributed by atoms with van der Waals surface area (Å²) in [6.07, 6.45) is -5.55. The van der Waals surface area contributed by atoms with E-state index in [0.29, 0.717) is 13.0 Å². The molecule has 1 fully saturated rings. The van der Waals surface area contributed by atoms with E-state index in [1.807, 2.05) is 0 Å². The normalized spacial score (nSPS) is 24.2. The third kappa shape index (κ3) is 6.13. The number of halogens is 7. The van der Waals surface area contributed by atoms with Crippen molar-refractivity contribution in [2.75, 3.05) is 0 Å². The van der Waals surface area contributed by atoms with E-state index in [9.17, 15) is 40.3 Å². The third-order valence-corrected chi connectivity index (χ3v) is 5.90. The zero-order valence-corrected chi connectivity index (χ0v) is 19.4. The Kier molecular flexibility index (Phi) is 10.0. The summed E-state index contributed by atoms with van der Waals surface area (Å²) in [5.41, 5.74) is 0.969. The molecule has 0 radical (unpaired) electrons. The van der Waals surface area contributed by atoms with Gasteiger partial charge in [-0.25, -0.2) is 0 Å². The van der Waals surface area contributed by atoms with Crippen LogP contribution in [0.3, 0.4) is 0 Å². The summed E-state index contributed by atoms with van der Waals surface area (Å²) in [5, 5.41) is 2.09. The van der Waals surface area contributed by atoms with Crippen molar-refractivity contribution >= 4 is 16.3 Å². The van der Waals surface area contributed by atoms with Gasteiger partial charge in [-0.1, -0.05) is 0 Å². The molecule has 0 bridgehead atoms. The van der Waals surface area contributed by atoms with Gasteiger partial charge in [-0.15, -0.1) is 0 Å². The molecule has 204 valence electrons. The van der Waals surface area contributed by atoms with E-state index >= 15 is 0 Å². The molecule has 1 aromatic carbocycles. The van der Waals surface area contributed by atoms with Crippen molar-refractivity contribution in [2.24, 2.45) is 11.7 Å². The fourth-order valence-electron chi connectivity index (χ4n) is 3.58. The molecule has 1 aromatic rings. The minimum absolute atomic E-state index is 0. The Labute approximate surface area is 207 Å². The molecule has 2 amide bonds. The van der Waals surface area contributed by atoms with Crippen LogP contribution >= 0.6 is 0 Å². The van der Waals surface area contributed by atoms with Crippen LogP contribution in [0.4, 0.5) is 30.7 Å². The number of alkyl halides is 5. The average molecular weight is 572 g/mol. The Bertz CT molecular complexity index is 1080. The standard InChI is InChI=1S/C21H18F7N2O4.Ni.H2O/c1-4-10(5-8-13(29)31)30-18(32)17-14(9(2)20(3,34-17)21(26,27)28)11-6-7-12(22)15(23)16(11)33-19(24)25;;/h1,4-7,9,14,17,19H,2-3H3,(H2,29,31)(H,30,32);;1H2/q-1;;/b10-5+;;/t9-,14-,17+,20-;;/m1../s1. The maximum atomic E-state index is 14.4. The number of benzene rings is 1.